The average Bonchev–Trinajstić information content (AvgIpc) is 2.08. The number of carbonyl (C=O) groups excluding carboxylic acids is 2. The molecule has 88 valence electrons. The SMILES string of the molecule is C#CC(=O)C1(C)CN(C(=O)OC(C)(C)C)C1. The summed E-state index contributed by atoms with van der Waals surface area (Å²) in [6.45, 7) is 7.84. The highest BCUT2D eigenvalue weighted by molar-refractivity contribution is 6.01. The lowest BCUT2D eigenvalue weighted by molar-refractivity contribution is -0.130. The molecule has 1 aliphatic rings. The summed E-state index contributed by atoms with van der Waals surface area (Å²) >= 11 is 0. The van der Waals surface area contributed by atoms with Gasteiger partial charge < -0.3 is 9.64 Å². The van der Waals surface area contributed by atoms with Crippen molar-refractivity contribution < 1.29 is 14.3 Å². The van der Waals surface area contributed by atoms with Crippen molar-refractivity contribution in [3.05, 3.63) is 0 Å². The third-order valence-corrected chi connectivity index (χ3v) is 2.41. The summed E-state index contributed by atoms with van der Waals surface area (Å²) in [6, 6.07) is 0. The number of nitrogens with zero attached hydrogens (tertiary/aromatic N) is 1. The van der Waals surface area contributed by atoms with E-state index in [1.165, 1.54) is 4.90 Å². The molecule has 0 radical (unpaired) electrons. The van der Waals surface area contributed by atoms with Crippen LogP contribution in [-0.4, -0.2) is 35.5 Å². The van der Waals surface area contributed by atoms with Crippen molar-refractivity contribution in [3.63, 3.8) is 0 Å². The van der Waals surface area contributed by atoms with Crippen molar-refractivity contribution in [1.29, 1.82) is 0 Å². The minimum atomic E-state index is -0.592. The number of ketones is 1. The van der Waals surface area contributed by atoms with Gasteiger partial charge in [-0.2, -0.15) is 0 Å². The van der Waals surface area contributed by atoms with Crippen molar-refractivity contribution in [1.82, 2.24) is 4.90 Å². The lowest BCUT2D eigenvalue weighted by Gasteiger charge is -2.45. The monoisotopic (exact) mass is 223 g/mol. The first-order chi connectivity index (χ1) is 7.18. The van der Waals surface area contributed by atoms with E-state index in [1.54, 1.807) is 27.7 Å². The Hall–Kier alpha value is -1.50. The van der Waals surface area contributed by atoms with Gasteiger partial charge in [0.15, 0.2) is 0 Å². The van der Waals surface area contributed by atoms with Crippen LogP contribution in [0.25, 0.3) is 0 Å². The quantitative estimate of drug-likeness (QED) is 0.499. The molecule has 4 nitrogen and oxygen atoms in total. The van der Waals surface area contributed by atoms with Gasteiger partial charge in [-0.1, -0.05) is 0 Å². The van der Waals surface area contributed by atoms with Gasteiger partial charge in [0.2, 0.25) is 5.78 Å². The molecule has 1 fully saturated rings. The van der Waals surface area contributed by atoms with Gasteiger partial charge in [-0.25, -0.2) is 4.79 Å². The van der Waals surface area contributed by atoms with Crippen LogP contribution in [0.5, 0.6) is 0 Å². The van der Waals surface area contributed by atoms with E-state index in [9.17, 15) is 9.59 Å². The number of Topliss-reactive ketones (excluding diaryl/α,β-unsaturated/α-hetero) is 1. The maximum Gasteiger partial charge on any atom is 0.410 e. The Morgan fingerprint density at radius 3 is 2.25 bits per heavy atom. The Morgan fingerprint density at radius 2 is 1.88 bits per heavy atom. The smallest absolute Gasteiger partial charge is 0.410 e. The molecule has 0 aromatic heterocycles. The van der Waals surface area contributed by atoms with Crippen LogP contribution in [-0.2, 0) is 9.53 Å². The maximum atomic E-state index is 11.6. The van der Waals surface area contributed by atoms with Gasteiger partial charge in [-0.15, -0.1) is 6.42 Å². The van der Waals surface area contributed by atoms with Crippen LogP contribution in [0.4, 0.5) is 4.79 Å². The second-order valence-corrected chi connectivity index (χ2v) is 5.37. The molecule has 1 amide bonds. The van der Waals surface area contributed by atoms with E-state index in [2.05, 4.69) is 5.92 Å². The third-order valence-electron chi connectivity index (χ3n) is 2.41. The predicted octanol–water partition coefficient (Wildman–Crippen LogP) is 1.45. The van der Waals surface area contributed by atoms with Gasteiger partial charge in [0.1, 0.15) is 5.60 Å². The Balaban J connectivity index is 2.51. The first kappa shape index (κ1) is 12.6. The molecule has 0 aromatic carbocycles. The van der Waals surface area contributed by atoms with Gasteiger partial charge in [0.05, 0.1) is 5.41 Å². The summed E-state index contributed by atoms with van der Waals surface area (Å²) in [5.74, 6) is 1.84. The van der Waals surface area contributed by atoms with Gasteiger partial charge in [0.25, 0.3) is 0 Å². The number of terminal acetylenes is 1. The predicted molar refractivity (Wildman–Crippen MR) is 59.8 cm³/mol. The number of rotatable bonds is 1. The summed E-state index contributed by atoms with van der Waals surface area (Å²) < 4.78 is 5.17. The largest absolute Gasteiger partial charge is 0.444 e. The van der Waals surface area contributed by atoms with Gasteiger partial charge in [-0.3, -0.25) is 4.79 Å². The minimum Gasteiger partial charge on any atom is -0.444 e. The van der Waals surface area contributed by atoms with E-state index in [-0.39, 0.29) is 5.78 Å². The van der Waals surface area contributed by atoms with E-state index in [0.29, 0.717) is 13.1 Å². The average molecular weight is 223 g/mol. The van der Waals surface area contributed by atoms with E-state index >= 15 is 0 Å². The van der Waals surface area contributed by atoms with Gasteiger partial charge in [-0.05, 0) is 33.6 Å². The number of likely N-dealkylation sites (tertiary alicyclic amines) is 1. The number of hydrogen-bond donors (Lipinski definition) is 0. The second-order valence-electron chi connectivity index (χ2n) is 5.37. The van der Waals surface area contributed by atoms with E-state index in [4.69, 9.17) is 11.2 Å². The van der Waals surface area contributed by atoms with Crippen molar-refractivity contribution >= 4 is 11.9 Å². The van der Waals surface area contributed by atoms with E-state index in [1.807, 2.05) is 0 Å². The molecular formula is C12H17NO3. The van der Waals surface area contributed by atoms with E-state index in [0.717, 1.165) is 0 Å². The molecule has 1 aliphatic heterocycles. The van der Waals surface area contributed by atoms with Gasteiger partial charge in [0, 0.05) is 13.1 Å². The standard InChI is InChI=1S/C12H17NO3/c1-6-9(14)12(5)7-13(8-12)10(15)16-11(2,3)4/h1H,7-8H2,2-5H3. The summed E-state index contributed by atoms with van der Waals surface area (Å²) in [5, 5.41) is 0. The highest BCUT2D eigenvalue weighted by Gasteiger charge is 2.47. The molecule has 0 spiro atoms. The molecule has 0 bridgehead atoms. The highest BCUT2D eigenvalue weighted by Crippen LogP contribution is 2.31. The van der Waals surface area contributed by atoms with E-state index < -0.39 is 17.1 Å². The molecule has 0 saturated carbocycles. The number of hydrogen-bond acceptors (Lipinski definition) is 3. The first-order valence-electron chi connectivity index (χ1n) is 5.17. The number of ether oxygens (including phenoxy) is 1. The molecule has 4 heteroatoms. The Bertz CT molecular complexity index is 353. The first-order valence-corrected chi connectivity index (χ1v) is 5.17. The third kappa shape index (κ3) is 2.54. The maximum absolute atomic E-state index is 11.6. The Morgan fingerprint density at radius 1 is 1.38 bits per heavy atom. The molecule has 16 heavy (non-hydrogen) atoms. The van der Waals surface area contributed by atoms with Crippen LogP contribution in [0, 0.1) is 17.8 Å². The fraction of sp³-hybridized carbons (Fsp3) is 0.667. The zero-order valence-corrected chi connectivity index (χ0v) is 10.2. The fourth-order valence-electron chi connectivity index (χ4n) is 1.57. The Labute approximate surface area is 95.9 Å². The molecule has 0 aliphatic carbocycles. The molecule has 1 saturated heterocycles. The summed E-state index contributed by atoms with van der Waals surface area (Å²) in [7, 11) is 0. The normalized spacial score (nSPS) is 18.3. The van der Waals surface area contributed by atoms with Crippen LogP contribution < -0.4 is 0 Å². The van der Waals surface area contributed by atoms with Crippen molar-refractivity contribution in [2.24, 2.45) is 5.41 Å². The zero-order valence-electron chi connectivity index (χ0n) is 10.2. The van der Waals surface area contributed by atoms with Crippen molar-refractivity contribution in [3.8, 4) is 12.3 Å². The number of carbonyl (C=O) groups is 2. The molecule has 0 atom stereocenters. The van der Waals surface area contributed by atoms with Crippen LogP contribution >= 0.6 is 0 Å². The molecule has 0 aromatic rings. The molecule has 0 unspecified atom stereocenters. The fourth-order valence-corrected chi connectivity index (χ4v) is 1.57. The van der Waals surface area contributed by atoms with Crippen LogP contribution in [0.1, 0.15) is 27.7 Å². The van der Waals surface area contributed by atoms with Crippen LogP contribution in [0.3, 0.4) is 0 Å². The highest BCUT2D eigenvalue weighted by atomic mass is 16.6. The zero-order chi connectivity index (χ0) is 12.6. The topological polar surface area (TPSA) is 46.6 Å². The summed E-state index contributed by atoms with van der Waals surface area (Å²) in [6.07, 6.45) is 4.66. The molecule has 0 N–H and O–H groups in total. The minimum absolute atomic E-state index is 0.257. The molecule has 1 heterocycles. The lowest BCUT2D eigenvalue weighted by atomic mass is 9.78. The summed E-state index contributed by atoms with van der Waals surface area (Å²) in [5.41, 5.74) is -1.11. The second kappa shape index (κ2) is 3.82. The van der Waals surface area contributed by atoms with Crippen LogP contribution in [0.15, 0.2) is 0 Å². The molecule has 1 rings (SSSR count). The van der Waals surface area contributed by atoms with Crippen molar-refractivity contribution in [2.45, 2.75) is 33.3 Å². The van der Waals surface area contributed by atoms with Gasteiger partial charge >= 0.3 is 6.09 Å². The summed E-state index contributed by atoms with van der Waals surface area (Å²) in [4.78, 5) is 24.4. The Kier molecular flexibility index (Phi) is 3.00. The van der Waals surface area contributed by atoms with Crippen LogP contribution in [0.2, 0.25) is 0 Å². The molecular weight excluding hydrogens is 206 g/mol. The number of amides is 1. The van der Waals surface area contributed by atoms with Crippen molar-refractivity contribution in [2.75, 3.05) is 13.1 Å². The lowest BCUT2D eigenvalue weighted by Crippen LogP contribution is -2.61.